The lowest BCUT2D eigenvalue weighted by atomic mass is 10.1. The number of benzene rings is 4. The number of nitrogens with one attached hydrogen (secondary N) is 2. The fourth-order valence-electron chi connectivity index (χ4n) is 4.16. The van der Waals surface area contributed by atoms with Gasteiger partial charge < -0.3 is 15.4 Å². The summed E-state index contributed by atoms with van der Waals surface area (Å²) in [4.78, 5) is 40.0. The SMILES string of the molecule is Cc1ccc(NC(=O)c2cccc(NC3=C(Cl)C(=O)N(c4ccc(Oc5ccccc5)cc4)C3=O)c2)c(C)c1. The molecule has 39 heavy (non-hydrogen) atoms. The average molecular weight is 538 g/mol. The highest BCUT2D eigenvalue weighted by atomic mass is 35.5. The van der Waals surface area contributed by atoms with Gasteiger partial charge in [0, 0.05) is 16.9 Å². The van der Waals surface area contributed by atoms with Gasteiger partial charge in [-0.1, -0.05) is 53.6 Å². The highest BCUT2D eigenvalue weighted by Crippen LogP contribution is 2.32. The molecule has 0 fully saturated rings. The lowest BCUT2D eigenvalue weighted by molar-refractivity contribution is -0.120. The van der Waals surface area contributed by atoms with Crippen molar-refractivity contribution in [3.05, 3.63) is 124 Å². The normalized spacial score (nSPS) is 13.1. The van der Waals surface area contributed by atoms with Gasteiger partial charge >= 0.3 is 0 Å². The van der Waals surface area contributed by atoms with Crippen molar-refractivity contribution < 1.29 is 19.1 Å². The number of anilines is 3. The van der Waals surface area contributed by atoms with E-state index < -0.39 is 11.8 Å². The first-order chi connectivity index (χ1) is 18.8. The van der Waals surface area contributed by atoms with E-state index in [-0.39, 0.29) is 16.6 Å². The van der Waals surface area contributed by atoms with Gasteiger partial charge in [-0.25, -0.2) is 4.90 Å². The fraction of sp³-hybridized carbons (Fsp3) is 0.0645. The second kappa shape index (κ2) is 10.8. The van der Waals surface area contributed by atoms with Crippen LogP contribution in [0.25, 0.3) is 0 Å². The minimum Gasteiger partial charge on any atom is -0.457 e. The van der Waals surface area contributed by atoms with Crippen LogP contribution in [0.2, 0.25) is 0 Å². The Kier molecular flexibility index (Phi) is 7.17. The summed E-state index contributed by atoms with van der Waals surface area (Å²) in [6.07, 6.45) is 0. The van der Waals surface area contributed by atoms with Crippen molar-refractivity contribution in [1.29, 1.82) is 0 Å². The molecule has 1 aliphatic rings. The number of halogens is 1. The third-order valence-corrected chi connectivity index (χ3v) is 6.48. The molecule has 0 radical (unpaired) electrons. The first-order valence-electron chi connectivity index (χ1n) is 12.2. The standard InChI is InChI=1S/C31H24ClN3O4/c1-19-11-16-26(20(2)17-19)34-29(36)21-7-6-8-22(18-21)33-28-27(32)30(37)35(31(28)38)23-12-14-25(15-13-23)39-24-9-4-3-5-10-24/h3-18,33H,1-2H3,(H,34,36). The average Bonchev–Trinajstić information content (AvgIpc) is 3.14. The van der Waals surface area contributed by atoms with Crippen molar-refractivity contribution in [2.24, 2.45) is 0 Å². The molecule has 194 valence electrons. The van der Waals surface area contributed by atoms with Crippen LogP contribution in [0.15, 0.2) is 108 Å². The molecule has 5 rings (SSSR count). The van der Waals surface area contributed by atoms with Crippen LogP contribution in [0.1, 0.15) is 21.5 Å². The van der Waals surface area contributed by atoms with Gasteiger partial charge in [0.25, 0.3) is 17.7 Å². The van der Waals surface area contributed by atoms with Gasteiger partial charge in [-0.05, 0) is 80.1 Å². The zero-order valence-corrected chi connectivity index (χ0v) is 22.0. The Hall–Kier alpha value is -4.88. The molecule has 3 amide bonds. The summed E-state index contributed by atoms with van der Waals surface area (Å²) in [7, 11) is 0. The molecule has 0 aliphatic carbocycles. The van der Waals surface area contributed by atoms with Crippen molar-refractivity contribution >= 4 is 46.4 Å². The maximum Gasteiger partial charge on any atom is 0.283 e. The zero-order valence-electron chi connectivity index (χ0n) is 21.2. The summed E-state index contributed by atoms with van der Waals surface area (Å²) in [5.41, 5.74) is 3.85. The van der Waals surface area contributed by atoms with E-state index in [0.717, 1.165) is 16.0 Å². The minimum atomic E-state index is -0.648. The minimum absolute atomic E-state index is 0.0711. The molecule has 4 aromatic rings. The first-order valence-corrected chi connectivity index (χ1v) is 12.5. The second-order valence-electron chi connectivity index (χ2n) is 9.02. The molecule has 7 nitrogen and oxygen atoms in total. The number of para-hydroxylation sites is 1. The number of carbonyl (C=O) groups is 3. The van der Waals surface area contributed by atoms with Gasteiger partial charge in [0.1, 0.15) is 22.2 Å². The first kappa shape index (κ1) is 25.8. The lowest BCUT2D eigenvalue weighted by Gasteiger charge is -2.16. The van der Waals surface area contributed by atoms with E-state index in [2.05, 4.69) is 10.6 Å². The van der Waals surface area contributed by atoms with Crippen molar-refractivity contribution in [1.82, 2.24) is 0 Å². The zero-order chi connectivity index (χ0) is 27.5. The number of carbonyl (C=O) groups excluding carboxylic acids is 3. The van der Waals surface area contributed by atoms with Crippen LogP contribution in [0, 0.1) is 13.8 Å². The second-order valence-corrected chi connectivity index (χ2v) is 9.40. The topological polar surface area (TPSA) is 87.7 Å². The number of hydrogen-bond acceptors (Lipinski definition) is 5. The summed E-state index contributed by atoms with van der Waals surface area (Å²) < 4.78 is 5.78. The van der Waals surface area contributed by atoms with E-state index in [1.165, 1.54) is 0 Å². The number of imide groups is 1. The number of hydrogen-bond donors (Lipinski definition) is 2. The molecular formula is C31H24ClN3O4. The molecule has 0 unspecified atom stereocenters. The van der Waals surface area contributed by atoms with Gasteiger partial charge in [0.2, 0.25) is 0 Å². The Bertz CT molecular complexity index is 1610. The molecule has 0 spiro atoms. The molecule has 0 aromatic heterocycles. The van der Waals surface area contributed by atoms with Gasteiger partial charge in [-0.2, -0.15) is 0 Å². The van der Waals surface area contributed by atoms with Gasteiger partial charge in [0.05, 0.1) is 5.69 Å². The largest absolute Gasteiger partial charge is 0.457 e. The van der Waals surface area contributed by atoms with Crippen LogP contribution in [-0.2, 0) is 9.59 Å². The Balaban J connectivity index is 1.30. The summed E-state index contributed by atoms with van der Waals surface area (Å²) in [5.74, 6) is -0.340. The molecule has 1 heterocycles. The molecule has 8 heteroatoms. The molecular weight excluding hydrogens is 514 g/mol. The molecule has 0 bridgehead atoms. The van der Waals surface area contributed by atoms with E-state index >= 15 is 0 Å². The smallest absolute Gasteiger partial charge is 0.283 e. The van der Waals surface area contributed by atoms with Gasteiger partial charge in [-0.15, -0.1) is 0 Å². The molecule has 2 N–H and O–H groups in total. The Morgan fingerprint density at radius 1 is 0.795 bits per heavy atom. The van der Waals surface area contributed by atoms with Gasteiger partial charge in [-0.3, -0.25) is 14.4 Å². The van der Waals surface area contributed by atoms with E-state index in [1.807, 2.05) is 62.4 Å². The van der Waals surface area contributed by atoms with E-state index in [0.29, 0.717) is 34.1 Å². The summed E-state index contributed by atoms with van der Waals surface area (Å²) in [5, 5.41) is 5.59. The van der Waals surface area contributed by atoms with Crippen LogP contribution in [0.3, 0.4) is 0 Å². The molecule has 0 saturated heterocycles. The number of aryl methyl sites for hydroxylation is 2. The van der Waals surface area contributed by atoms with Crippen LogP contribution in [-0.4, -0.2) is 17.7 Å². The Morgan fingerprint density at radius 2 is 1.51 bits per heavy atom. The number of amides is 3. The summed E-state index contributed by atoms with van der Waals surface area (Å²) in [6.45, 7) is 3.91. The highest BCUT2D eigenvalue weighted by Gasteiger charge is 2.39. The quantitative estimate of drug-likeness (QED) is 0.254. The predicted molar refractivity (Wildman–Crippen MR) is 152 cm³/mol. The lowest BCUT2D eigenvalue weighted by Crippen LogP contribution is -2.32. The fourth-order valence-corrected chi connectivity index (χ4v) is 4.38. The number of ether oxygens (including phenoxy) is 1. The van der Waals surface area contributed by atoms with Crippen LogP contribution in [0.5, 0.6) is 11.5 Å². The highest BCUT2D eigenvalue weighted by molar-refractivity contribution is 6.53. The van der Waals surface area contributed by atoms with E-state index in [4.69, 9.17) is 16.3 Å². The molecule has 0 saturated carbocycles. The van der Waals surface area contributed by atoms with Crippen molar-refractivity contribution in [3.8, 4) is 11.5 Å². The Morgan fingerprint density at radius 3 is 2.23 bits per heavy atom. The monoisotopic (exact) mass is 537 g/mol. The maximum atomic E-state index is 13.2. The summed E-state index contributed by atoms with van der Waals surface area (Å²) in [6, 6.07) is 28.2. The van der Waals surface area contributed by atoms with Crippen LogP contribution in [0.4, 0.5) is 17.1 Å². The Labute approximate surface area is 230 Å². The molecule has 1 aliphatic heterocycles. The van der Waals surface area contributed by atoms with Gasteiger partial charge in [0.15, 0.2) is 0 Å². The van der Waals surface area contributed by atoms with Crippen molar-refractivity contribution in [2.75, 3.05) is 15.5 Å². The van der Waals surface area contributed by atoms with Crippen LogP contribution < -0.4 is 20.3 Å². The molecule has 0 atom stereocenters. The third-order valence-electron chi connectivity index (χ3n) is 6.13. The maximum absolute atomic E-state index is 13.2. The predicted octanol–water partition coefficient (Wildman–Crippen LogP) is 6.78. The van der Waals surface area contributed by atoms with E-state index in [1.54, 1.807) is 48.5 Å². The number of nitrogens with zero attached hydrogens (tertiary/aromatic N) is 1. The van der Waals surface area contributed by atoms with E-state index in [9.17, 15) is 14.4 Å². The van der Waals surface area contributed by atoms with Crippen molar-refractivity contribution in [2.45, 2.75) is 13.8 Å². The molecule has 4 aromatic carbocycles. The number of rotatable bonds is 7. The van der Waals surface area contributed by atoms with Crippen LogP contribution >= 0.6 is 11.6 Å². The van der Waals surface area contributed by atoms with Crippen molar-refractivity contribution in [3.63, 3.8) is 0 Å². The summed E-state index contributed by atoms with van der Waals surface area (Å²) >= 11 is 6.30. The third kappa shape index (κ3) is 5.54.